The number of nitrogens with two attached hydrogens (primary N) is 2. The summed E-state index contributed by atoms with van der Waals surface area (Å²) >= 11 is 0. The fraction of sp³-hybridized carbons (Fsp3) is 0.588. The predicted molar refractivity (Wildman–Crippen MR) is 98.4 cm³/mol. The minimum atomic E-state index is -1.04. The molecule has 0 spiro atoms. The SMILES string of the molecule is CC(C)[C@H](N)C(=O)O[C@H]1[C@@H](O)[C@H](c2c[nH]c3c(N)ncnc23)N[C@@H]1CCO. The van der Waals surface area contributed by atoms with Crippen molar-refractivity contribution in [3.63, 3.8) is 0 Å². The van der Waals surface area contributed by atoms with Gasteiger partial charge >= 0.3 is 5.97 Å². The van der Waals surface area contributed by atoms with Crippen LogP contribution in [0, 0.1) is 5.92 Å². The number of rotatable bonds is 6. The van der Waals surface area contributed by atoms with Gasteiger partial charge in [0.1, 0.15) is 30.1 Å². The molecule has 1 saturated heterocycles. The number of nitrogens with one attached hydrogen (secondary N) is 2. The Hall–Kier alpha value is -2.27. The largest absolute Gasteiger partial charge is 0.457 e. The second-order valence-electron chi connectivity index (χ2n) is 7.15. The molecule has 1 aliphatic heterocycles. The summed E-state index contributed by atoms with van der Waals surface area (Å²) in [5.74, 6) is -0.370. The van der Waals surface area contributed by atoms with E-state index >= 15 is 0 Å². The molecule has 27 heavy (non-hydrogen) atoms. The zero-order chi connectivity index (χ0) is 19.7. The maximum absolute atomic E-state index is 12.3. The minimum absolute atomic E-state index is 0.0932. The Kier molecular flexibility index (Phi) is 5.61. The van der Waals surface area contributed by atoms with Crippen LogP contribution in [-0.4, -0.2) is 62.0 Å². The quantitative estimate of drug-likeness (QED) is 0.351. The Bertz CT molecular complexity index is 810. The van der Waals surface area contributed by atoms with Crippen molar-refractivity contribution in [3.8, 4) is 0 Å². The average molecular weight is 378 g/mol. The Labute approximate surface area is 156 Å². The first-order valence-electron chi connectivity index (χ1n) is 8.93. The van der Waals surface area contributed by atoms with Crippen LogP contribution < -0.4 is 16.8 Å². The molecule has 2 aromatic heterocycles. The highest BCUT2D eigenvalue weighted by Crippen LogP contribution is 2.34. The van der Waals surface area contributed by atoms with Gasteiger partial charge < -0.3 is 36.7 Å². The van der Waals surface area contributed by atoms with E-state index in [1.807, 2.05) is 13.8 Å². The molecule has 5 atom stereocenters. The van der Waals surface area contributed by atoms with Crippen LogP contribution >= 0.6 is 0 Å². The van der Waals surface area contributed by atoms with Crippen LogP contribution in [0.15, 0.2) is 12.5 Å². The van der Waals surface area contributed by atoms with Gasteiger partial charge in [0.2, 0.25) is 0 Å². The van der Waals surface area contributed by atoms with Crippen LogP contribution in [0.5, 0.6) is 0 Å². The summed E-state index contributed by atoms with van der Waals surface area (Å²) in [7, 11) is 0. The molecule has 3 rings (SSSR count). The molecule has 10 heteroatoms. The van der Waals surface area contributed by atoms with Gasteiger partial charge in [-0.05, 0) is 12.3 Å². The summed E-state index contributed by atoms with van der Waals surface area (Å²) in [6.45, 7) is 3.52. The van der Waals surface area contributed by atoms with Crippen molar-refractivity contribution >= 4 is 22.8 Å². The van der Waals surface area contributed by atoms with Crippen LogP contribution in [0.4, 0.5) is 5.82 Å². The molecule has 1 aliphatic rings. The monoisotopic (exact) mass is 378 g/mol. The molecular weight excluding hydrogens is 352 g/mol. The lowest BCUT2D eigenvalue weighted by Crippen LogP contribution is -2.44. The molecule has 148 valence electrons. The highest BCUT2D eigenvalue weighted by molar-refractivity contribution is 5.87. The molecule has 0 bridgehead atoms. The number of nitrogens with zero attached hydrogens (tertiary/aromatic N) is 2. The number of aromatic amines is 1. The number of hydrogen-bond donors (Lipinski definition) is 6. The van der Waals surface area contributed by atoms with Crippen molar-refractivity contribution in [2.75, 3.05) is 12.3 Å². The molecule has 8 N–H and O–H groups in total. The van der Waals surface area contributed by atoms with Gasteiger partial charge in [0, 0.05) is 24.4 Å². The number of aromatic nitrogens is 3. The second kappa shape index (κ2) is 7.77. The molecule has 0 amide bonds. The fourth-order valence-corrected chi connectivity index (χ4v) is 3.36. The van der Waals surface area contributed by atoms with Crippen molar-refractivity contribution in [3.05, 3.63) is 18.1 Å². The first-order chi connectivity index (χ1) is 12.8. The first kappa shape index (κ1) is 19.5. The lowest BCUT2D eigenvalue weighted by atomic mass is 10.0. The molecule has 0 unspecified atom stereocenters. The summed E-state index contributed by atoms with van der Waals surface area (Å²) < 4.78 is 5.52. The van der Waals surface area contributed by atoms with Crippen molar-refractivity contribution in [1.82, 2.24) is 20.3 Å². The molecule has 0 saturated carbocycles. The number of carbonyl (C=O) groups excluding carboxylic acids is 1. The number of nitrogen functional groups attached to an aromatic ring is 1. The van der Waals surface area contributed by atoms with Crippen molar-refractivity contribution in [2.45, 2.75) is 50.6 Å². The number of hydrogen-bond acceptors (Lipinski definition) is 9. The Morgan fingerprint density at radius 3 is 2.81 bits per heavy atom. The molecule has 2 aromatic rings. The molecule has 0 aromatic carbocycles. The number of aliphatic hydroxyl groups is 2. The number of aliphatic hydroxyl groups excluding tert-OH is 2. The number of carbonyl (C=O) groups is 1. The average Bonchev–Trinajstić information content (AvgIpc) is 3.18. The summed E-state index contributed by atoms with van der Waals surface area (Å²) in [4.78, 5) is 23.5. The van der Waals surface area contributed by atoms with Crippen LogP contribution in [-0.2, 0) is 9.53 Å². The van der Waals surface area contributed by atoms with Gasteiger partial charge in [-0.1, -0.05) is 13.8 Å². The van der Waals surface area contributed by atoms with E-state index in [1.165, 1.54) is 6.33 Å². The van der Waals surface area contributed by atoms with E-state index in [2.05, 4.69) is 20.3 Å². The number of ether oxygens (including phenoxy) is 1. The van der Waals surface area contributed by atoms with Gasteiger partial charge in [0.15, 0.2) is 5.82 Å². The zero-order valence-corrected chi connectivity index (χ0v) is 15.3. The Morgan fingerprint density at radius 2 is 2.15 bits per heavy atom. The second-order valence-corrected chi connectivity index (χ2v) is 7.15. The number of esters is 1. The van der Waals surface area contributed by atoms with Gasteiger partial charge in [0.25, 0.3) is 0 Å². The van der Waals surface area contributed by atoms with Gasteiger partial charge in [-0.15, -0.1) is 0 Å². The van der Waals surface area contributed by atoms with E-state index < -0.39 is 36.3 Å². The lowest BCUT2D eigenvalue weighted by Gasteiger charge is -2.24. The van der Waals surface area contributed by atoms with Gasteiger partial charge in [-0.3, -0.25) is 4.79 Å². The Morgan fingerprint density at radius 1 is 1.41 bits per heavy atom. The van der Waals surface area contributed by atoms with E-state index in [-0.39, 0.29) is 12.5 Å². The van der Waals surface area contributed by atoms with Gasteiger partial charge in [-0.25, -0.2) is 9.97 Å². The summed E-state index contributed by atoms with van der Waals surface area (Å²) in [5, 5.41) is 23.5. The first-order valence-corrected chi connectivity index (χ1v) is 8.93. The van der Waals surface area contributed by atoms with Crippen molar-refractivity contribution < 1.29 is 19.7 Å². The summed E-state index contributed by atoms with van der Waals surface area (Å²) in [6.07, 6.45) is 1.46. The lowest BCUT2D eigenvalue weighted by molar-refractivity contribution is -0.157. The molecule has 10 nitrogen and oxygen atoms in total. The van der Waals surface area contributed by atoms with E-state index in [0.717, 1.165) is 0 Å². The van der Waals surface area contributed by atoms with Gasteiger partial charge in [-0.2, -0.15) is 0 Å². The van der Waals surface area contributed by atoms with E-state index in [1.54, 1.807) is 6.20 Å². The van der Waals surface area contributed by atoms with E-state index in [0.29, 0.717) is 28.8 Å². The zero-order valence-electron chi connectivity index (χ0n) is 15.3. The van der Waals surface area contributed by atoms with E-state index in [4.69, 9.17) is 16.2 Å². The summed E-state index contributed by atoms with van der Waals surface area (Å²) in [6, 6.07) is -1.77. The van der Waals surface area contributed by atoms with Crippen LogP contribution in [0.3, 0.4) is 0 Å². The topological polar surface area (TPSA) is 172 Å². The summed E-state index contributed by atoms with van der Waals surface area (Å²) in [5.41, 5.74) is 13.5. The number of fused-ring (bicyclic) bond motifs is 1. The third-order valence-corrected chi connectivity index (χ3v) is 5.01. The molecular formula is C17H26N6O4. The number of H-pyrrole nitrogens is 1. The molecule has 0 radical (unpaired) electrons. The molecule has 3 heterocycles. The Balaban J connectivity index is 1.87. The maximum atomic E-state index is 12.3. The minimum Gasteiger partial charge on any atom is -0.457 e. The van der Waals surface area contributed by atoms with Crippen LogP contribution in [0.1, 0.15) is 31.9 Å². The molecule has 1 fully saturated rings. The highest BCUT2D eigenvalue weighted by atomic mass is 16.6. The van der Waals surface area contributed by atoms with Gasteiger partial charge in [0.05, 0.1) is 11.6 Å². The van der Waals surface area contributed by atoms with E-state index in [9.17, 15) is 15.0 Å². The van der Waals surface area contributed by atoms with Crippen molar-refractivity contribution in [2.24, 2.45) is 11.7 Å². The normalized spacial score (nSPS) is 26.6. The van der Waals surface area contributed by atoms with Crippen LogP contribution in [0.2, 0.25) is 0 Å². The van der Waals surface area contributed by atoms with Crippen LogP contribution in [0.25, 0.3) is 11.0 Å². The fourth-order valence-electron chi connectivity index (χ4n) is 3.36. The smallest absolute Gasteiger partial charge is 0.323 e. The third kappa shape index (κ3) is 3.61. The predicted octanol–water partition coefficient (Wildman–Crippen LogP) is -0.809. The standard InChI is InChI=1S/C17H26N6O4/c1-7(2)10(18)17(26)27-15-9(3-4-24)23-12(14(15)25)8-5-20-13-11(8)21-6-22-16(13)19/h5-7,9-10,12,14-15,20,23-25H,3-4,18H2,1-2H3,(H2,19,21,22)/t9-,10+,12+,14+,15-/m1/s1. The van der Waals surface area contributed by atoms with Crippen molar-refractivity contribution in [1.29, 1.82) is 0 Å². The maximum Gasteiger partial charge on any atom is 0.323 e. The third-order valence-electron chi connectivity index (χ3n) is 5.01. The number of anilines is 1. The molecule has 0 aliphatic carbocycles. The highest BCUT2D eigenvalue weighted by Gasteiger charge is 2.46.